The van der Waals surface area contributed by atoms with Crippen molar-refractivity contribution in [1.29, 1.82) is 0 Å². The van der Waals surface area contributed by atoms with Gasteiger partial charge in [-0.3, -0.25) is 14.6 Å². The van der Waals surface area contributed by atoms with Gasteiger partial charge >= 0.3 is 18.1 Å². The SMILES string of the molecule is COC(=O)c1ccc(F)c(C(F)(F)F)c1.COC(=O)c1ccc(Oc2nn(-c3cc(Cl)cc(Cl)c3)cc2-c2ccc(C)cc2)c(C)c1.Cc1ccc(-c2cn(-c3cc(Cl)cc(Cl)c3)[nH]c2=O)cc1. The van der Waals surface area contributed by atoms with Crippen molar-refractivity contribution in [3.63, 3.8) is 0 Å². The van der Waals surface area contributed by atoms with E-state index in [2.05, 4.69) is 14.9 Å². The zero-order chi connectivity index (χ0) is 49.4. The van der Waals surface area contributed by atoms with Gasteiger partial charge in [0.05, 0.1) is 53.4 Å². The zero-order valence-corrected chi connectivity index (χ0v) is 39.5. The number of nitrogens with zero attached hydrogens (tertiary/aromatic N) is 3. The molecule has 2 heterocycles. The van der Waals surface area contributed by atoms with Crippen LogP contribution in [-0.4, -0.2) is 45.7 Å². The van der Waals surface area contributed by atoms with Gasteiger partial charge in [-0.05, 0) is 110 Å². The molecule has 0 aliphatic carbocycles. The number of rotatable bonds is 8. The first-order valence-corrected chi connectivity index (χ1v) is 21.5. The van der Waals surface area contributed by atoms with E-state index in [-0.39, 0.29) is 11.1 Å². The fourth-order valence-corrected chi connectivity index (χ4v) is 7.44. The lowest BCUT2D eigenvalue weighted by atomic mass is 10.1. The van der Waals surface area contributed by atoms with Crippen molar-refractivity contribution in [3.05, 3.63) is 203 Å². The topological polar surface area (TPSA) is 117 Å². The first-order chi connectivity index (χ1) is 32.2. The van der Waals surface area contributed by atoms with Gasteiger partial charge in [0.1, 0.15) is 11.6 Å². The number of aryl methyl sites for hydroxylation is 3. The number of hydrogen-bond donors (Lipinski definition) is 1. The van der Waals surface area contributed by atoms with E-state index in [1.165, 1.54) is 7.11 Å². The highest BCUT2D eigenvalue weighted by Gasteiger charge is 2.34. The molecule has 10 nitrogen and oxygen atoms in total. The number of nitrogens with one attached hydrogen (secondary N) is 1. The zero-order valence-electron chi connectivity index (χ0n) is 36.5. The van der Waals surface area contributed by atoms with Crippen LogP contribution in [0, 0.1) is 26.6 Å². The number of H-pyrrole nitrogens is 1. The maximum atomic E-state index is 12.8. The average molecular weight is 1010 g/mol. The van der Waals surface area contributed by atoms with Crippen molar-refractivity contribution in [2.45, 2.75) is 26.9 Å². The van der Waals surface area contributed by atoms with Gasteiger partial charge < -0.3 is 14.2 Å². The molecule has 8 rings (SSSR count). The Morgan fingerprint density at radius 2 is 1.10 bits per heavy atom. The van der Waals surface area contributed by atoms with Crippen molar-refractivity contribution in [3.8, 4) is 45.3 Å². The second kappa shape index (κ2) is 21.9. The van der Waals surface area contributed by atoms with Crippen LogP contribution in [-0.2, 0) is 15.7 Å². The number of benzene rings is 6. The molecule has 1 N–H and O–H groups in total. The molecule has 0 atom stereocenters. The molecular weight excluding hydrogens is 970 g/mol. The average Bonchev–Trinajstić information content (AvgIpc) is 3.90. The molecule has 68 heavy (non-hydrogen) atoms. The van der Waals surface area contributed by atoms with Crippen molar-refractivity contribution < 1.29 is 41.4 Å². The number of methoxy groups -OCH3 is 2. The van der Waals surface area contributed by atoms with Crippen LogP contribution in [0.2, 0.25) is 20.1 Å². The number of esters is 2. The van der Waals surface area contributed by atoms with Crippen LogP contribution in [0.1, 0.15) is 43.0 Å². The second-order valence-electron chi connectivity index (χ2n) is 14.9. The highest BCUT2D eigenvalue weighted by atomic mass is 35.5. The fourth-order valence-electron chi connectivity index (χ4n) is 6.41. The molecule has 0 radical (unpaired) electrons. The number of ether oxygens (including phenoxy) is 3. The quantitative estimate of drug-likeness (QED) is 0.119. The van der Waals surface area contributed by atoms with Gasteiger partial charge in [-0.2, -0.15) is 13.2 Å². The van der Waals surface area contributed by atoms with E-state index in [4.69, 9.17) is 55.9 Å². The summed E-state index contributed by atoms with van der Waals surface area (Å²) in [6.07, 6.45) is -1.21. The third-order valence-electron chi connectivity index (χ3n) is 9.86. The van der Waals surface area contributed by atoms with Crippen LogP contribution in [0.5, 0.6) is 11.6 Å². The molecule has 0 aliphatic heterocycles. The van der Waals surface area contributed by atoms with E-state index in [0.717, 1.165) is 46.6 Å². The molecule has 0 saturated carbocycles. The summed E-state index contributed by atoms with van der Waals surface area (Å²) >= 11 is 24.4. The normalized spacial score (nSPS) is 10.9. The maximum Gasteiger partial charge on any atom is 0.419 e. The van der Waals surface area contributed by atoms with Crippen molar-refractivity contribution in [2.24, 2.45) is 0 Å². The Kier molecular flexibility index (Phi) is 16.3. The third kappa shape index (κ3) is 12.8. The van der Waals surface area contributed by atoms with E-state index >= 15 is 0 Å². The largest absolute Gasteiger partial charge is 0.465 e. The van der Waals surface area contributed by atoms with Gasteiger partial charge in [0, 0.05) is 32.5 Å². The third-order valence-corrected chi connectivity index (χ3v) is 10.7. The maximum absolute atomic E-state index is 12.8. The van der Waals surface area contributed by atoms with Gasteiger partial charge in [-0.15, -0.1) is 5.10 Å². The predicted octanol–water partition coefficient (Wildman–Crippen LogP) is 14.1. The first kappa shape index (κ1) is 50.6. The van der Waals surface area contributed by atoms with Crippen LogP contribution >= 0.6 is 46.4 Å². The molecule has 0 unspecified atom stereocenters. The lowest BCUT2D eigenvalue weighted by molar-refractivity contribution is -0.140. The molecule has 0 aliphatic rings. The van der Waals surface area contributed by atoms with Gasteiger partial charge in [0.15, 0.2) is 0 Å². The minimum Gasteiger partial charge on any atom is -0.465 e. The van der Waals surface area contributed by atoms with E-state index in [9.17, 15) is 31.9 Å². The van der Waals surface area contributed by atoms with Crippen LogP contribution in [0.3, 0.4) is 0 Å². The number of carbonyl (C=O) groups excluding carboxylic acids is 2. The summed E-state index contributed by atoms with van der Waals surface area (Å²) in [7, 11) is 2.38. The Labute approximate surface area is 407 Å². The van der Waals surface area contributed by atoms with Gasteiger partial charge in [0.25, 0.3) is 5.56 Å². The fraction of sp³-hybridized carbons (Fsp3) is 0.120. The Morgan fingerprint density at radius 1 is 0.618 bits per heavy atom. The van der Waals surface area contributed by atoms with Gasteiger partial charge in [0.2, 0.25) is 5.88 Å². The Morgan fingerprint density at radius 3 is 1.60 bits per heavy atom. The Bertz CT molecular complexity index is 3130. The monoisotopic (exact) mass is 1010 g/mol. The number of hydrogen-bond acceptors (Lipinski definition) is 7. The number of aromatic nitrogens is 4. The number of alkyl halides is 3. The summed E-state index contributed by atoms with van der Waals surface area (Å²) in [4.78, 5) is 34.8. The smallest absolute Gasteiger partial charge is 0.419 e. The molecule has 350 valence electrons. The molecule has 18 heteroatoms. The summed E-state index contributed by atoms with van der Waals surface area (Å²) in [5, 5.41) is 9.49. The predicted molar refractivity (Wildman–Crippen MR) is 256 cm³/mol. The van der Waals surface area contributed by atoms with E-state index in [1.807, 2.05) is 75.5 Å². The van der Waals surface area contributed by atoms with E-state index in [0.29, 0.717) is 66.4 Å². The van der Waals surface area contributed by atoms with Gasteiger partial charge in [-0.25, -0.2) is 18.7 Å². The molecule has 2 aromatic heterocycles. The second-order valence-corrected chi connectivity index (χ2v) is 16.6. The highest BCUT2D eigenvalue weighted by Crippen LogP contribution is 2.36. The standard InChI is InChI=1S/C25H20Cl2N2O3.C16H12Cl2N2O.C9H6F4O2/c1-15-4-6-17(7-5-15)22-14-29(21-12-19(26)11-20(27)13-21)28-24(22)32-23-9-8-18(10-16(23)2)25(30)31-3;1-10-2-4-11(5-3-10)15-9-20(19-16(15)21)14-7-12(17)6-13(18)8-14;1-15-8(14)5-2-3-7(10)6(4-5)9(11,12)13/h4-14H,1-3H3;2-9H,1H3,(H,19,21);2-4H,1H3. The summed E-state index contributed by atoms with van der Waals surface area (Å²) < 4.78 is 67.9. The van der Waals surface area contributed by atoms with Crippen LogP contribution < -0.4 is 10.3 Å². The number of carbonyl (C=O) groups is 2. The minimum absolute atomic E-state index is 0.157. The summed E-state index contributed by atoms with van der Waals surface area (Å²) in [5.41, 5.74) is 6.21. The number of aromatic amines is 1. The first-order valence-electron chi connectivity index (χ1n) is 20.0. The van der Waals surface area contributed by atoms with Crippen LogP contribution in [0.25, 0.3) is 33.6 Å². The van der Waals surface area contributed by atoms with Crippen LogP contribution in [0.4, 0.5) is 17.6 Å². The van der Waals surface area contributed by atoms with E-state index < -0.39 is 29.5 Å². The molecule has 0 spiro atoms. The lowest BCUT2D eigenvalue weighted by Crippen LogP contribution is -2.11. The van der Waals surface area contributed by atoms with Gasteiger partial charge in [-0.1, -0.05) is 106 Å². The van der Waals surface area contributed by atoms with Crippen LogP contribution in [0.15, 0.2) is 139 Å². The molecular formula is C50H38Cl4F4N4O6. The minimum atomic E-state index is -4.83. The Hall–Kier alpha value is -6.84. The molecule has 0 amide bonds. The molecule has 0 fully saturated rings. The molecule has 6 aromatic carbocycles. The summed E-state index contributed by atoms with van der Waals surface area (Å²) in [5.74, 6) is -1.77. The summed E-state index contributed by atoms with van der Waals surface area (Å²) in [6.45, 7) is 5.90. The molecule has 0 saturated heterocycles. The summed E-state index contributed by atoms with van der Waals surface area (Å²) in [6, 6.07) is 33.3. The van der Waals surface area contributed by atoms with Crippen molar-refractivity contribution in [2.75, 3.05) is 14.2 Å². The van der Waals surface area contributed by atoms with Crippen molar-refractivity contribution in [1.82, 2.24) is 19.6 Å². The highest BCUT2D eigenvalue weighted by molar-refractivity contribution is 6.35. The molecule has 0 bridgehead atoms. The lowest BCUT2D eigenvalue weighted by Gasteiger charge is -2.09. The Balaban J connectivity index is 0.000000182. The molecule has 8 aromatic rings. The number of halogens is 8. The van der Waals surface area contributed by atoms with E-state index in [1.54, 1.807) is 70.2 Å². The van der Waals surface area contributed by atoms with Crippen molar-refractivity contribution >= 4 is 58.3 Å².